The van der Waals surface area contributed by atoms with Crippen molar-refractivity contribution < 1.29 is 4.55 Å². The summed E-state index contributed by atoms with van der Waals surface area (Å²) in [7, 11) is -1.17. The van der Waals surface area contributed by atoms with Crippen LogP contribution < -0.4 is 0 Å². The van der Waals surface area contributed by atoms with Crippen LogP contribution >= 0.6 is 10.3 Å². The molecule has 1 nitrogen and oxygen atoms in total. The molecule has 0 saturated heterocycles. The zero-order valence-corrected chi connectivity index (χ0v) is 4.67. The first-order valence-electron chi connectivity index (χ1n) is 1.41. The summed E-state index contributed by atoms with van der Waals surface area (Å²) in [5, 5.41) is 0. The van der Waals surface area contributed by atoms with Crippen LogP contribution in [0.3, 0.4) is 0 Å². The second kappa shape index (κ2) is 1.19. The van der Waals surface area contributed by atoms with E-state index in [0.717, 1.165) is 0 Å². The minimum Gasteiger partial charge on any atom is -0.352 e. The van der Waals surface area contributed by atoms with Crippen LogP contribution in [-0.4, -0.2) is 23.3 Å². The van der Waals surface area contributed by atoms with E-state index < -0.39 is 10.3 Å². The molecule has 34 valence electrons. The summed E-state index contributed by atoms with van der Waals surface area (Å²) in [5.74, 6) is 0. The van der Waals surface area contributed by atoms with E-state index in [-0.39, 0.29) is 0 Å². The average molecular weight is 94.2 g/mol. The van der Waals surface area contributed by atoms with Gasteiger partial charge in [-0.1, -0.05) is 0 Å². The quantitative estimate of drug-likeness (QED) is 0.477. The first-order chi connectivity index (χ1) is 2.00. The predicted molar refractivity (Wildman–Crippen MR) is 28.0 cm³/mol. The summed E-state index contributed by atoms with van der Waals surface area (Å²) in [6.07, 6.45) is 5.48. The van der Waals surface area contributed by atoms with E-state index >= 15 is 0 Å². The van der Waals surface area contributed by atoms with Gasteiger partial charge in [0, 0.05) is 0 Å². The van der Waals surface area contributed by atoms with Crippen LogP contribution in [0.25, 0.3) is 0 Å². The zero-order valence-electron chi connectivity index (χ0n) is 3.86. The Kier molecular flexibility index (Phi) is 1.26. The first kappa shape index (κ1) is 5.31. The van der Waals surface area contributed by atoms with Gasteiger partial charge in [-0.25, -0.2) is 0 Å². The summed E-state index contributed by atoms with van der Waals surface area (Å²) < 4.78 is 8.60. The summed E-state index contributed by atoms with van der Waals surface area (Å²) in [6.45, 7) is 0. The summed E-state index contributed by atoms with van der Waals surface area (Å²) in [4.78, 5) is 0. The molecular formula is C3H10OS. The van der Waals surface area contributed by atoms with Crippen molar-refractivity contribution in [1.29, 1.82) is 0 Å². The van der Waals surface area contributed by atoms with E-state index in [4.69, 9.17) is 4.55 Å². The average Bonchev–Trinajstić information content (AvgIpc) is 0.722. The molecule has 0 atom stereocenters. The molecule has 2 heteroatoms. The van der Waals surface area contributed by atoms with Crippen molar-refractivity contribution >= 4 is 10.3 Å². The minimum atomic E-state index is -1.17. The van der Waals surface area contributed by atoms with Gasteiger partial charge in [0.2, 0.25) is 0 Å². The van der Waals surface area contributed by atoms with Crippen molar-refractivity contribution in [2.45, 2.75) is 0 Å². The number of hydrogen-bond donors (Lipinski definition) is 1. The molecule has 0 radical (unpaired) electrons. The van der Waals surface area contributed by atoms with Gasteiger partial charge < -0.3 is 4.55 Å². The molecule has 1 N–H and O–H groups in total. The molecule has 0 aliphatic heterocycles. The van der Waals surface area contributed by atoms with Crippen molar-refractivity contribution in [1.82, 2.24) is 0 Å². The Morgan fingerprint density at radius 1 is 1.20 bits per heavy atom. The highest BCUT2D eigenvalue weighted by Gasteiger charge is 1.88. The third-order valence-electron chi connectivity index (χ3n) is 0. The molecule has 0 aromatic heterocycles. The highest BCUT2D eigenvalue weighted by molar-refractivity contribution is 8.27. The maximum Gasteiger partial charge on any atom is -0.0134 e. The zero-order chi connectivity index (χ0) is 4.50. The molecule has 0 unspecified atom stereocenters. The van der Waals surface area contributed by atoms with Gasteiger partial charge >= 0.3 is 0 Å². The smallest absolute Gasteiger partial charge is 0.0134 e. The van der Waals surface area contributed by atoms with Crippen LogP contribution in [0.2, 0.25) is 0 Å². The highest BCUT2D eigenvalue weighted by atomic mass is 32.3. The molecule has 0 spiro atoms. The largest absolute Gasteiger partial charge is 0.352 e. The van der Waals surface area contributed by atoms with Crippen LogP contribution in [0.15, 0.2) is 0 Å². The molecule has 0 rings (SSSR count). The molecule has 0 fully saturated rings. The SMILES string of the molecule is CS(C)(C)O. The summed E-state index contributed by atoms with van der Waals surface area (Å²) in [6, 6.07) is 0. The summed E-state index contributed by atoms with van der Waals surface area (Å²) >= 11 is 0. The molecule has 0 bridgehead atoms. The van der Waals surface area contributed by atoms with Crippen molar-refractivity contribution in [2.24, 2.45) is 0 Å². The minimum absolute atomic E-state index is 1.17. The van der Waals surface area contributed by atoms with E-state index in [1.54, 1.807) is 0 Å². The molecule has 0 aliphatic rings. The maximum atomic E-state index is 8.60. The van der Waals surface area contributed by atoms with Crippen LogP contribution in [-0.2, 0) is 0 Å². The lowest BCUT2D eigenvalue weighted by Crippen LogP contribution is -1.83. The Hall–Kier alpha value is 0.310. The summed E-state index contributed by atoms with van der Waals surface area (Å²) in [5.41, 5.74) is 0. The highest BCUT2D eigenvalue weighted by Crippen LogP contribution is 2.26. The van der Waals surface area contributed by atoms with Crippen LogP contribution in [0.4, 0.5) is 0 Å². The van der Waals surface area contributed by atoms with Gasteiger partial charge in [-0.2, -0.15) is 0 Å². The fourth-order valence-electron chi connectivity index (χ4n) is 0. The normalized spacial score (nSPS) is 15.2. The molecule has 0 aromatic rings. The predicted octanol–water partition coefficient (Wildman–Crippen LogP) is 1.15. The van der Waals surface area contributed by atoms with Crippen LogP contribution in [0.1, 0.15) is 0 Å². The molecular weight excluding hydrogens is 84.1 g/mol. The van der Waals surface area contributed by atoms with Gasteiger partial charge in [-0.05, 0) is 18.8 Å². The Labute approximate surface area is 34.5 Å². The van der Waals surface area contributed by atoms with E-state index in [0.29, 0.717) is 0 Å². The number of rotatable bonds is 0. The fourth-order valence-corrected chi connectivity index (χ4v) is 0. The molecule has 5 heavy (non-hydrogen) atoms. The van der Waals surface area contributed by atoms with Crippen molar-refractivity contribution in [3.05, 3.63) is 0 Å². The first-order valence-corrected chi connectivity index (χ1v) is 4.22. The lowest BCUT2D eigenvalue weighted by Gasteiger charge is -2.13. The van der Waals surface area contributed by atoms with E-state index in [2.05, 4.69) is 0 Å². The topological polar surface area (TPSA) is 20.2 Å². The third-order valence-corrected chi connectivity index (χ3v) is 0. The van der Waals surface area contributed by atoms with E-state index in [1.807, 2.05) is 18.8 Å². The Bertz CT molecular complexity index is 22.4. The van der Waals surface area contributed by atoms with Crippen molar-refractivity contribution in [3.63, 3.8) is 0 Å². The second-order valence-corrected chi connectivity index (χ2v) is 5.32. The van der Waals surface area contributed by atoms with Gasteiger partial charge in [-0.15, -0.1) is 10.3 Å². The Balaban J connectivity index is 3.02. The third kappa shape index (κ3) is 239. The van der Waals surface area contributed by atoms with Gasteiger partial charge in [-0.3, -0.25) is 0 Å². The number of hydrogen-bond acceptors (Lipinski definition) is 1. The Morgan fingerprint density at radius 2 is 1.20 bits per heavy atom. The van der Waals surface area contributed by atoms with Crippen LogP contribution in [0.5, 0.6) is 0 Å². The molecule has 0 aromatic carbocycles. The fraction of sp³-hybridized carbons (Fsp3) is 1.00. The lowest BCUT2D eigenvalue weighted by molar-refractivity contribution is 0.643. The van der Waals surface area contributed by atoms with Crippen molar-refractivity contribution in [3.8, 4) is 0 Å². The molecule has 0 aliphatic carbocycles. The molecule has 0 heterocycles. The van der Waals surface area contributed by atoms with Gasteiger partial charge in [0.15, 0.2) is 0 Å². The van der Waals surface area contributed by atoms with Crippen LogP contribution in [0, 0.1) is 0 Å². The van der Waals surface area contributed by atoms with Crippen molar-refractivity contribution in [2.75, 3.05) is 18.8 Å². The van der Waals surface area contributed by atoms with E-state index in [1.165, 1.54) is 0 Å². The Morgan fingerprint density at radius 3 is 1.20 bits per heavy atom. The van der Waals surface area contributed by atoms with Gasteiger partial charge in [0.25, 0.3) is 0 Å². The monoisotopic (exact) mass is 94.0 g/mol. The molecule has 0 amide bonds. The van der Waals surface area contributed by atoms with E-state index in [9.17, 15) is 0 Å². The second-order valence-electron chi connectivity index (χ2n) is 1.77. The van der Waals surface area contributed by atoms with Gasteiger partial charge in [0.05, 0.1) is 0 Å². The standard InChI is InChI=1S/C3H10OS/c1-5(2,3)4/h4H,1-3H3. The molecule has 0 saturated carbocycles. The van der Waals surface area contributed by atoms with Gasteiger partial charge in [0.1, 0.15) is 0 Å². The lowest BCUT2D eigenvalue weighted by atomic mass is 11.9. The maximum absolute atomic E-state index is 8.60.